The molecule has 0 aliphatic rings. The number of aryl methyl sites for hydroxylation is 2. The summed E-state index contributed by atoms with van der Waals surface area (Å²) in [5.41, 5.74) is 4.98. The highest BCUT2D eigenvalue weighted by Gasteiger charge is 2.18. The number of nitrogens with zero attached hydrogens (tertiary/aromatic N) is 3. The Morgan fingerprint density at radius 3 is 2.42 bits per heavy atom. The zero-order valence-corrected chi connectivity index (χ0v) is 19.7. The van der Waals surface area contributed by atoms with Crippen LogP contribution in [0.4, 0.5) is 5.69 Å². The monoisotopic (exact) mass is 458 g/mol. The summed E-state index contributed by atoms with van der Waals surface area (Å²) in [6.45, 7) is 4.12. The highest BCUT2D eigenvalue weighted by Crippen LogP contribution is 2.29. The number of hydrogen-bond acceptors (Lipinski definition) is 5. The van der Waals surface area contributed by atoms with Gasteiger partial charge in [0.05, 0.1) is 12.9 Å². The summed E-state index contributed by atoms with van der Waals surface area (Å²) in [6, 6.07) is 23.7. The number of nitrogens with one attached hydrogen (secondary N) is 1. The molecule has 4 aromatic rings. The summed E-state index contributed by atoms with van der Waals surface area (Å²) in [7, 11) is 1.64. The first kappa shape index (κ1) is 22.6. The molecule has 0 saturated heterocycles. The highest BCUT2D eigenvalue weighted by molar-refractivity contribution is 7.99. The lowest BCUT2D eigenvalue weighted by molar-refractivity contribution is -0.113. The molecule has 1 heterocycles. The van der Waals surface area contributed by atoms with Gasteiger partial charge in [-0.3, -0.25) is 9.36 Å². The van der Waals surface area contributed by atoms with Crippen molar-refractivity contribution in [1.29, 1.82) is 0 Å². The van der Waals surface area contributed by atoms with Gasteiger partial charge in [-0.15, -0.1) is 10.2 Å². The maximum Gasteiger partial charge on any atom is 0.234 e. The number of rotatable bonds is 8. The molecule has 3 aromatic carbocycles. The number of benzene rings is 3. The Hall–Kier alpha value is -3.58. The predicted molar refractivity (Wildman–Crippen MR) is 133 cm³/mol. The Bertz CT molecular complexity index is 1230. The predicted octanol–water partition coefficient (Wildman–Crippen LogP) is 5.54. The lowest BCUT2D eigenvalue weighted by Gasteiger charge is -2.12. The van der Waals surface area contributed by atoms with Crippen molar-refractivity contribution in [2.75, 3.05) is 18.2 Å². The number of carbonyl (C=O) groups is 1. The molecule has 1 amide bonds. The van der Waals surface area contributed by atoms with Crippen LogP contribution in [0.2, 0.25) is 0 Å². The summed E-state index contributed by atoms with van der Waals surface area (Å²) >= 11 is 1.36. The van der Waals surface area contributed by atoms with Gasteiger partial charge in [0.1, 0.15) is 5.75 Å². The average molecular weight is 459 g/mol. The van der Waals surface area contributed by atoms with Gasteiger partial charge in [-0.05, 0) is 61.4 Å². The van der Waals surface area contributed by atoms with Crippen molar-refractivity contribution in [3.05, 3.63) is 83.9 Å². The standard InChI is InChI=1S/C26H26N4O2S/c1-4-19-7-5-6-8-23(19)27-24(31)17-33-26-29-28-25(20-11-15-22(32-3)16-12-20)30(26)21-13-9-18(2)10-14-21/h5-16H,4,17H2,1-3H3,(H,27,31). The Kier molecular flexibility index (Phi) is 7.10. The molecule has 0 bridgehead atoms. The summed E-state index contributed by atoms with van der Waals surface area (Å²) in [4.78, 5) is 12.7. The van der Waals surface area contributed by atoms with E-state index in [0.29, 0.717) is 11.0 Å². The van der Waals surface area contributed by atoms with Gasteiger partial charge >= 0.3 is 0 Å². The molecule has 0 unspecified atom stereocenters. The van der Waals surface area contributed by atoms with Gasteiger partial charge in [0.2, 0.25) is 5.91 Å². The molecule has 168 valence electrons. The van der Waals surface area contributed by atoms with Crippen LogP contribution in [0.5, 0.6) is 5.75 Å². The topological polar surface area (TPSA) is 69.0 Å². The van der Waals surface area contributed by atoms with E-state index in [2.05, 4.69) is 41.5 Å². The van der Waals surface area contributed by atoms with Gasteiger partial charge in [0.15, 0.2) is 11.0 Å². The molecule has 1 N–H and O–H groups in total. The fourth-order valence-electron chi connectivity index (χ4n) is 3.48. The van der Waals surface area contributed by atoms with Crippen LogP contribution in [0.25, 0.3) is 17.1 Å². The molecule has 0 aliphatic heterocycles. The second kappa shape index (κ2) is 10.4. The zero-order valence-electron chi connectivity index (χ0n) is 18.9. The summed E-state index contributed by atoms with van der Waals surface area (Å²) in [5.74, 6) is 1.63. The number of carbonyl (C=O) groups excluding carboxylic acids is 1. The molecule has 0 fully saturated rings. The number of methoxy groups -OCH3 is 1. The van der Waals surface area contributed by atoms with Crippen molar-refractivity contribution in [2.45, 2.75) is 25.4 Å². The van der Waals surface area contributed by atoms with E-state index in [9.17, 15) is 4.79 Å². The highest BCUT2D eigenvalue weighted by atomic mass is 32.2. The van der Waals surface area contributed by atoms with Crippen LogP contribution in [0.1, 0.15) is 18.1 Å². The second-order valence-electron chi connectivity index (χ2n) is 7.55. The van der Waals surface area contributed by atoms with Gasteiger partial charge in [-0.2, -0.15) is 0 Å². The number of amides is 1. The first-order chi connectivity index (χ1) is 16.1. The number of para-hydroxylation sites is 1. The Labute approximate surface area is 198 Å². The van der Waals surface area contributed by atoms with Crippen molar-refractivity contribution in [3.63, 3.8) is 0 Å². The SMILES string of the molecule is CCc1ccccc1NC(=O)CSc1nnc(-c2ccc(OC)cc2)n1-c1ccc(C)cc1. The Balaban J connectivity index is 1.60. The summed E-state index contributed by atoms with van der Waals surface area (Å²) in [5, 5.41) is 12.5. The normalized spacial score (nSPS) is 10.8. The first-order valence-electron chi connectivity index (χ1n) is 10.8. The van der Waals surface area contributed by atoms with Crippen LogP contribution in [0, 0.1) is 6.92 Å². The van der Waals surface area contributed by atoms with Gasteiger partial charge in [-0.1, -0.05) is 54.6 Å². The van der Waals surface area contributed by atoms with Crippen molar-refractivity contribution in [2.24, 2.45) is 0 Å². The third-order valence-electron chi connectivity index (χ3n) is 5.28. The van der Waals surface area contributed by atoms with Crippen LogP contribution >= 0.6 is 11.8 Å². The minimum atomic E-state index is -0.0784. The van der Waals surface area contributed by atoms with E-state index in [1.54, 1.807) is 7.11 Å². The first-order valence-corrected chi connectivity index (χ1v) is 11.7. The van der Waals surface area contributed by atoms with Crippen molar-refractivity contribution in [3.8, 4) is 22.8 Å². The van der Waals surface area contributed by atoms with Crippen LogP contribution in [0.3, 0.4) is 0 Å². The summed E-state index contributed by atoms with van der Waals surface area (Å²) in [6.07, 6.45) is 0.858. The molecular weight excluding hydrogens is 432 g/mol. The summed E-state index contributed by atoms with van der Waals surface area (Å²) < 4.78 is 7.26. The van der Waals surface area contributed by atoms with Crippen LogP contribution < -0.4 is 10.1 Å². The number of thioether (sulfide) groups is 1. The van der Waals surface area contributed by atoms with Crippen molar-refractivity contribution < 1.29 is 9.53 Å². The smallest absolute Gasteiger partial charge is 0.234 e. The number of ether oxygens (including phenoxy) is 1. The second-order valence-corrected chi connectivity index (χ2v) is 8.50. The van der Waals surface area contributed by atoms with Crippen LogP contribution in [-0.4, -0.2) is 33.5 Å². The van der Waals surface area contributed by atoms with Gasteiger partial charge in [0.25, 0.3) is 0 Å². The van der Waals surface area contributed by atoms with E-state index in [1.165, 1.54) is 17.3 Å². The molecule has 1 aromatic heterocycles. The molecule has 33 heavy (non-hydrogen) atoms. The van der Waals surface area contributed by atoms with Crippen LogP contribution in [0.15, 0.2) is 78.0 Å². The molecule has 0 saturated carbocycles. The van der Waals surface area contributed by atoms with E-state index in [0.717, 1.165) is 34.7 Å². The minimum absolute atomic E-state index is 0.0784. The van der Waals surface area contributed by atoms with E-state index >= 15 is 0 Å². The molecular formula is C26H26N4O2S. The third kappa shape index (κ3) is 5.26. The lowest BCUT2D eigenvalue weighted by Crippen LogP contribution is -2.15. The molecule has 0 atom stereocenters. The maximum atomic E-state index is 12.7. The quantitative estimate of drug-likeness (QED) is 0.351. The lowest BCUT2D eigenvalue weighted by atomic mass is 10.1. The Morgan fingerprint density at radius 1 is 1.00 bits per heavy atom. The number of aromatic nitrogens is 3. The molecule has 0 aliphatic carbocycles. The number of hydrogen-bond donors (Lipinski definition) is 1. The van der Waals surface area contributed by atoms with Gasteiger partial charge < -0.3 is 10.1 Å². The minimum Gasteiger partial charge on any atom is -0.497 e. The third-order valence-corrected chi connectivity index (χ3v) is 6.21. The van der Waals surface area contributed by atoms with E-state index in [-0.39, 0.29) is 11.7 Å². The molecule has 0 spiro atoms. The van der Waals surface area contributed by atoms with Crippen molar-refractivity contribution in [1.82, 2.24) is 14.8 Å². The Morgan fingerprint density at radius 2 is 1.73 bits per heavy atom. The fraction of sp³-hybridized carbons (Fsp3) is 0.192. The van der Waals surface area contributed by atoms with E-state index in [4.69, 9.17) is 4.74 Å². The molecule has 7 heteroatoms. The van der Waals surface area contributed by atoms with Crippen LogP contribution in [-0.2, 0) is 11.2 Å². The van der Waals surface area contributed by atoms with Gasteiger partial charge in [-0.25, -0.2) is 0 Å². The molecule has 4 rings (SSSR count). The van der Waals surface area contributed by atoms with Crippen molar-refractivity contribution >= 4 is 23.4 Å². The largest absolute Gasteiger partial charge is 0.497 e. The van der Waals surface area contributed by atoms with E-state index in [1.807, 2.05) is 65.2 Å². The maximum absolute atomic E-state index is 12.7. The molecule has 0 radical (unpaired) electrons. The van der Waals surface area contributed by atoms with E-state index < -0.39 is 0 Å². The fourth-order valence-corrected chi connectivity index (χ4v) is 4.24. The average Bonchev–Trinajstić information content (AvgIpc) is 3.27. The van der Waals surface area contributed by atoms with Gasteiger partial charge in [0, 0.05) is 16.9 Å². The molecule has 6 nitrogen and oxygen atoms in total. The zero-order chi connectivity index (χ0) is 23.2. The number of anilines is 1.